The maximum absolute atomic E-state index is 13.1. The van der Waals surface area contributed by atoms with E-state index in [9.17, 15) is 17.2 Å². The molecule has 2 aromatic heterocycles. The van der Waals surface area contributed by atoms with Crippen LogP contribution in [0.25, 0.3) is 10.9 Å². The van der Waals surface area contributed by atoms with E-state index < -0.39 is 15.8 Å². The van der Waals surface area contributed by atoms with Gasteiger partial charge in [0.05, 0.1) is 16.1 Å². The van der Waals surface area contributed by atoms with Crippen molar-refractivity contribution in [3.63, 3.8) is 0 Å². The highest BCUT2D eigenvalue weighted by atomic mass is 32.2. The average Bonchev–Trinajstić information content (AvgIpc) is 2.98. The van der Waals surface area contributed by atoms with E-state index in [0.29, 0.717) is 18.1 Å². The number of aromatic nitrogens is 2. The first-order valence-electron chi connectivity index (χ1n) is 9.02. The van der Waals surface area contributed by atoms with Crippen LogP contribution in [0.1, 0.15) is 18.4 Å². The number of alkyl halides is 2. The van der Waals surface area contributed by atoms with Gasteiger partial charge in [-0.05, 0) is 36.6 Å². The van der Waals surface area contributed by atoms with Gasteiger partial charge in [-0.2, -0.15) is 0 Å². The van der Waals surface area contributed by atoms with Crippen molar-refractivity contribution in [3.05, 3.63) is 48.3 Å². The molecule has 3 aromatic rings. The molecule has 28 heavy (non-hydrogen) atoms. The lowest BCUT2D eigenvalue weighted by atomic mass is 9.81. The highest BCUT2D eigenvalue weighted by Crippen LogP contribution is 2.43. The second kappa shape index (κ2) is 6.55. The van der Waals surface area contributed by atoms with Gasteiger partial charge in [-0.25, -0.2) is 22.2 Å². The van der Waals surface area contributed by atoms with Crippen LogP contribution in [0.15, 0.2) is 47.6 Å². The molecular formula is C20H21F2N3O2S. The SMILES string of the molecule is Cc1cccc(S(C)(=O)=O)c1Nc1nccc2c1ccn2CC1CC(F)(F)C1. The Labute approximate surface area is 162 Å². The highest BCUT2D eigenvalue weighted by Gasteiger charge is 2.45. The Balaban J connectivity index is 1.68. The number of pyridine rings is 1. The molecule has 2 heterocycles. The van der Waals surface area contributed by atoms with Crippen molar-refractivity contribution in [2.45, 2.75) is 37.1 Å². The third kappa shape index (κ3) is 3.48. The van der Waals surface area contributed by atoms with Crippen molar-refractivity contribution in [3.8, 4) is 0 Å². The minimum Gasteiger partial charge on any atom is -0.347 e. The van der Waals surface area contributed by atoms with Gasteiger partial charge in [0.2, 0.25) is 5.92 Å². The van der Waals surface area contributed by atoms with Crippen LogP contribution in [0.3, 0.4) is 0 Å². The molecule has 1 aromatic carbocycles. The maximum Gasteiger partial charge on any atom is 0.248 e. The third-order valence-electron chi connectivity index (χ3n) is 5.20. The predicted octanol–water partition coefficient (Wildman–Crippen LogP) is 4.54. The molecule has 0 saturated heterocycles. The van der Waals surface area contributed by atoms with Crippen molar-refractivity contribution < 1.29 is 17.2 Å². The summed E-state index contributed by atoms with van der Waals surface area (Å²) in [5, 5.41) is 3.99. The molecule has 0 spiro atoms. The Morgan fingerprint density at radius 1 is 1.25 bits per heavy atom. The summed E-state index contributed by atoms with van der Waals surface area (Å²) >= 11 is 0. The third-order valence-corrected chi connectivity index (χ3v) is 6.34. The number of hydrogen-bond donors (Lipinski definition) is 1. The van der Waals surface area contributed by atoms with Crippen molar-refractivity contribution in [1.82, 2.24) is 9.55 Å². The van der Waals surface area contributed by atoms with Crippen molar-refractivity contribution >= 4 is 32.2 Å². The fourth-order valence-corrected chi connectivity index (χ4v) is 4.71. The van der Waals surface area contributed by atoms with Gasteiger partial charge in [0.15, 0.2) is 9.84 Å². The minimum absolute atomic E-state index is 0.0385. The van der Waals surface area contributed by atoms with Gasteiger partial charge < -0.3 is 9.88 Å². The van der Waals surface area contributed by atoms with E-state index in [1.165, 1.54) is 6.26 Å². The summed E-state index contributed by atoms with van der Waals surface area (Å²) in [7, 11) is -3.41. The van der Waals surface area contributed by atoms with Crippen molar-refractivity contribution in [2.75, 3.05) is 11.6 Å². The van der Waals surface area contributed by atoms with Crippen molar-refractivity contribution in [2.24, 2.45) is 5.92 Å². The van der Waals surface area contributed by atoms with E-state index >= 15 is 0 Å². The fraction of sp³-hybridized carbons (Fsp3) is 0.350. The Morgan fingerprint density at radius 2 is 2.00 bits per heavy atom. The standard InChI is InChI=1S/C20H21F2N3O2S/c1-13-4-3-5-17(28(2,26)27)18(13)24-19-15-7-9-25(16(15)6-8-23-19)12-14-10-20(21,22)11-14/h3-9,14H,10-12H2,1-2H3,(H,23,24). The van der Waals surface area contributed by atoms with Crippen LogP contribution in [0.2, 0.25) is 0 Å². The molecule has 1 aliphatic carbocycles. The average molecular weight is 405 g/mol. The molecule has 4 rings (SSSR count). The Morgan fingerprint density at radius 3 is 2.68 bits per heavy atom. The molecule has 1 N–H and O–H groups in total. The van der Waals surface area contributed by atoms with Gasteiger partial charge in [-0.3, -0.25) is 0 Å². The van der Waals surface area contributed by atoms with Crippen LogP contribution < -0.4 is 5.32 Å². The van der Waals surface area contributed by atoms with E-state index in [1.54, 1.807) is 18.3 Å². The Hall–Kier alpha value is -2.48. The number of halogens is 2. The zero-order valence-corrected chi connectivity index (χ0v) is 16.4. The number of hydrogen-bond acceptors (Lipinski definition) is 4. The molecule has 0 atom stereocenters. The number of sulfone groups is 1. The lowest BCUT2D eigenvalue weighted by Gasteiger charge is -2.35. The zero-order valence-electron chi connectivity index (χ0n) is 15.6. The van der Waals surface area contributed by atoms with Crippen LogP contribution in [-0.4, -0.2) is 30.1 Å². The zero-order chi connectivity index (χ0) is 20.1. The lowest BCUT2D eigenvalue weighted by molar-refractivity contribution is -0.113. The minimum atomic E-state index is -3.41. The van der Waals surface area contributed by atoms with Crippen molar-refractivity contribution in [1.29, 1.82) is 0 Å². The number of fused-ring (bicyclic) bond motifs is 1. The molecular weight excluding hydrogens is 384 g/mol. The van der Waals surface area contributed by atoms with Gasteiger partial charge in [0, 0.05) is 43.4 Å². The first kappa shape index (κ1) is 18.9. The van der Waals surface area contributed by atoms with E-state index in [4.69, 9.17) is 0 Å². The molecule has 148 valence electrons. The van der Waals surface area contributed by atoms with Crippen LogP contribution in [0, 0.1) is 12.8 Å². The highest BCUT2D eigenvalue weighted by molar-refractivity contribution is 7.90. The van der Waals surface area contributed by atoms with Gasteiger partial charge in [0.1, 0.15) is 5.82 Å². The van der Waals surface area contributed by atoms with Crippen LogP contribution in [-0.2, 0) is 16.4 Å². The second-order valence-corrected chi connectivity index (χ2v) is 9.52. The summed E-state index contributed by atoms with van der Waals surface area (Å²) in [5.74, 6) is -2.04. The van der Waals surface area contributed by atoms with Crippen LogP contribution in [0.5, 0.6) is 0 Å². The smallest absolute Gasteiger partial charge is 0.248 e. The van der Waals surface area contributed by atoms with Gasteiger partial charge in [-0.1, -0.05) is 12.1 Å². The molecule has 5 nitrogen and oxygen atoms in total. The number of benzene rings is 1. The molecule has 0 amide bonds. The first-order valence-corrected chi connectivity index (χ1v) is 10.9. The lowest BCUT2D eigenvalue weighted by Crippen LogP contribution is -2.37. The summed E-state index contributed by atoms with van der Waals surface area (Å²) in [4.78, 5) is 4.59. The molecule has 1 aliphatic rings. The maximum atomic E-state index is 13.1. The summed E-state index contributed by atoms with van der Waals surface area (Å²) < 4.78 is 52.5. The molecule has 0 unspecified atom stereocenters. The van der Waals surface area contributed by atoms with E-state index in [-0.39, 0.29) is 23.7 Å². The summed E-state index contributed by atoms with van der Waals surface area (Å²) in [6.45, 7) is 2.36. The van der Waals surface area contributed by atoms with Gasteiger partial charge >= 0.3 is 0 Å². The summed E-state index contributed by atoms with van der Waals surface area (Å²) in [5.41, 5.74) is 2.16. The Kier molecular flexibility index (Phi) is 4.41. The first-order chi connectivity index (χ1) is 13.1. The molecule has 0 radical (unpaired) electrons. The normalized spacial score (nSPS) is 16.9. The fourth-order valence-electron chi connectivity index (χ4n) is 3.80. The van der Waals surface area contributed by atoms with Gasteiger partial charge in [-0.15, -0.1) is 0 Å². The van der Waals surface area contributed by atoms with E-state index in [1.807, 2.05) is 35.9 Å². The number of anilines is 2. The predicted molar refractivity (Wildman–Crippen MR) is 105 cm³/mol. The number of para-hydroxylation sites is 1. The molecule has 8 heteroatoms. The molecule has 0 bridgehead atoms. The Bertz CT molecular complexity index is 1150. The van der Waals surface area contributed by atoms with Crippen LogP contribution >= 0.6 is 0 Å². The largest absolute Gasteiger partial charge is 0.347 e. The van der Waals surface area contributed by atoms with E-state index in [0.717, 1.165) is 16.5 Å². The summed E-state index contributed by atoms with van der Waals surface area (Å²) in [6, 6.07) is 8.81. The van der Waals surface area contributed by atoms with Gasteiger partial charge in [0.25, 0.3) is 0 Å². The number of aryl methyl sites for hydroxylation is 1. The summed E-state index contributed by atoms with van der Waals surface area (Å²) in [6.07, 6.45) is 4.51. The quantitative estimate of drug-likeness (QED) is 0.677. The molecule has 1 saturated carbocycles. The molecule has 0 aliphatic heterocycles. The number of nitrogens with one attached hydrogen (secondary N) is 1. The molecule has 1 fully saturated rings. The van der Waals surface area contributed by atoms with Crippen LogP contribution in [0.4, 0.5) is 20.3 Å². The second-order valence-electron chi connectivity index (χ2n) is 7.54. The number of rotatable bonds is 5. The topological polar surface area (TPSA) is 64.0 Å². The monoisotopic (exact) mass is 405 g/mol. The number of nitrogens with zero attached hydrogens (tertiary/aromatic N) is 2. The van der Waals surface area contributed by atoms with E-state index in [2.05, 4.69) is 10.3 Å².